The van der Waals surface area contributed by atoms with Crippen molar-refractivity contribution in [3.63, 3.8) is 0 Å². The Hall–Kier alpha value is -2.21. The first-order chi connectivity index (χ1) is 10.0. The van der Waals surface area contributed by atoms with Gasteiger partial charge in [-0.1, -0.05) is 13.8 Å². The summed E-state index contributed by atoms with van der Waals surface area (Å²) in [4.78, 5) is 14.8. The number of pyridine rings is 1. The molecule has 1 heterocycles. The Bertz CT molecular complexity index is 654. The second-order valence-corrected chi connectivity index (χ2v) is 5.10. The minimum atomic E-state index is -0.418. The molecule has 112 valence electrons. The first kappa shape index (κ1) is 15.2. The number of hydrogen-bond acceptors (Lipinski definition) is 5. The largest absolute Gasteiger partial charge is 0.489 e. The van der Waals surface area contributed by atoms with E-state index in [2.05, 4.69) is 4.98 Å². The van der Waals surface area contributed by atoms with Crippen LogP contribution in [0.5, 0.6) is 5.75 Å². The Labute approximate surface area is 123 Å². The van der Waals surface area contributed by atoms with Gasteiger partial charge in [-0.05, 0) is 31.0 Å². The summed E-state index contributed by atoms with van der Waals surface area (Å²) in [7, 11) is 0. The number of benzene rings is 1. The average molecular weight is 289 g/mol. The van der Waals surface area contributed by atoms with E-state index in [1.165, 1.54) is 6.07 Å². The maximum atomic E-state index is 11.1. The molecule has 0 aliphatic carbocycles. The van der Waals surface area contributed by atoms with Gasteiger partial charge in [0.1, 0.15) is 17.9 Å². The van der Waals surface area contributed by atoms with E-state index in [4.69, 9.17) is 10.5 Å². The van der Waals surface area contributed by atoms with Crippen molar-refractivity contribution in [2.75, 3.05) is 6.61 Å². The van der Waals surface area contributed by atoms with Gasteiger partial charge >= 0.3 is 0 Å². The average Bonchev–Trinajstić information content (AvgIpc) is 2.52. The minimum absolute atomic E-state index is 0.0236. The van der Waals surface area contributed by atoms with Crippen LogP contribution in [0.4, 0.5) is 5.69 Å². The van der Waals surface area contributed by atoms with Gasteiger partial charge in [0, 0.05) is 17.8 Å². The molecule has 0 bridgehead atoms. The number of non-ortho nitro benzene ring substituents is 1. The van der Waals surface area contributed by atoms with Gasteiger partial charge < -0.3 is 10.5 Å². The van der Waals surface area contributed by atoms with Gasteiger partial charge in [0.15, 0.2) is 0 Å². The van der Waals surface area contributed by atoms with E-state index in [0.717, 1.165) is 12.8 Å². The number of fused-ring (bicyclic) bond motifs is 1. The summed E-state index contributed by atoms with van der Waals surface area (Å²) in [6.07, 6.45) is 3.18. The number of nitrogens with zero attached hydrogens (tertiary/aromatic N) is 2. The number of aromatic nitrogens is 1. The highest BCUT2D eigenvalue weighted by molar-refractivity contribution is 5.92. The third-order valence-electron chi connectivity index (χ3n) is 3.83. The third-order valence-corrected chi connectivity index (χ3v) is 3.83. The molecule has 0 atom stereocenters. The topological polar surface area (TPSA) is 91.3 Å². The van der Waals surface area contributed by atoms with Crippen LogP contribution in [0.2, 0.25) is 0 Å². The molecule has 0 fully saturated rings. The molecular weight excluding hydrogens is 270 g/mol. The molecule has 0 unspecified atom stereocenters. The molecule has 0 spiro atoms. The number of hydrogen-bond donors (Lipinski definition) is 1. The van der Waals surface area contributed by atoms with Gasteiger partial charge in [0.05, 0.1) is 10.3 Å². The van der Waals surface area contributed by atoms with Crippen molar-refractivity contribution in [2.24, 2.45) is 5.73 Å². The van der Waals surface area contributed by atoms with Crippen LogP contribution in [0.3, 0.4) is 0 Å². The lowest BCUT2D eigenvalue weighted by Gasteiger charge is -2.26. The lowest BCUT2D eigenvalue weighted by molar-refractivity contribution is -0.383. The fourth-order valence-corrected chi connectivity index (χ4v) is 2.08. The minimum Gasteiger partial charge on any atom is -0.489 e. The molecule has 21 heavy (non-hydrogen) atoms. The van der Waals surface area contributed by atoms with Crippen molar-refractivity contribution in [2.45, 2.75) is 32.2 Å². The molecule has 2 rings (SSSR count). The fraction of sp³-hybridized carbons (Fsp3) is 0.400. The predicted octanol–water partition coefficient (Wildman–Crippen LogP) is 3.04. The van der Waals surface area contributed by atoms with E-state index in [1.54, 1.807) is 24.4 Å². The summed E-state index contributed by atoms with van der Waals surface area (Å²) in [6.45, 7) is 4.38. The molecule has 0 aliphatic heterocycles. The zero-order valence-electron chi connectivity index (χ0n) is 12.2. The summed E-state index contributed by atoms with van der Waals surface area (Å²) in [5.41, 5.74) is 6.32. The summed E-state index contributed by atoms with van der Waals surface area (Å²) >= 11 is 0. The van der Waals surface area contributed by atoms with E-state index in [1.807, 2.05) is 13.8 Å². The van der Waals surface area contributed by atoms with Crippen LogP contribution in [0.15, 0.2) is 30.5 Å². The van der Waals surface area contributed by atoms with Crippen molar-refractivity contribution in [3.05, 3.63) is 40.6 Å². The standard InChI is InChI=1S/C15H19N3O3/c1-3-15(16,4-2)10-21-13-8-7-12(18(19)20)11-6-5-9-17-14(11)13/h5-9H,3-4,10,16H2,1-2H3. The lowest BCUT2D eigenvalue weighted by atomic mass is 9.96. The normalized spacial score (nSPS) is 11.6. The first-order valence-corrected chi connectivity index (χ1v) is 6.94. The molecule has 0 amide bonds. The van der Waals surface area contributed by atoms with Gasteiger partial charge in [-0.15, -0.1) is 0 Å². The quantitative estimate of drug-likeness (QED) is 0.652. The van der Waals surface area contributed by atoms with Crippen LogP contribution < -0.4 is 10.5 Å². The Morgan fingerprint density at radius 3 is 2.67 bits per heavy atom. The molecule has 0 saturated heterocycles. The highest BCUT2D eigenvalue weighted by Crippen LogP contribution is 2.31. The molecule has 6 nitrogen and oxygen atoms in total. The van der Waals surface area contributed by atoms with Crippen molar-refractivity contribution < 1.29 is 9.66 Å². The smallest absolute Gasteiger partial charge is 0.279 e. The van der Waals surface area contributed by atoms with E-state index >= 15 is 0 Å². The van der Waals surface area contributed by atoms with E-state index in [-0.39, 0.29) is 5.69 Å². The highest BCUT2D eigenvalue weighted by Gasteiger charge is 2.22. The Morgan fingerprint density at radius 1 is 1.33 bits per heavy atom. The van der Waals surface area contributed by atoms with Crippen LogP contribution in [0, 0.1) is 10.1 Å². The maximum Gasteiger partial charge on any atom is 0.279 e. The van der Waals surface area contributed by atoms with Crippen molar-refractivity contribution in [1.29, 1.82) is 0 Å². The second kappa shape index (κ2) is 6.05. The Balaban J connectivity index is 2.38. The van der Waals surface area contributed by atoms with Gasteiger partial charge in [0.2, 0.25) is 0 Å². The van der Waals surface area contributed by atoms with E-state index in [9.17, 15) is 10.1 Å². The van der Waals surface area contributed by atoms with Crippen LogP contribution in [0.25, 0.3) is 10.9 Å². The van der Waals surface area contributed by atoms with Gasteiger partial charge in [-0.2, -0.15) is 0 Å². The maximum absolute atomic E-state index is 11.1. The zero-order chi connectivity index (χ0) is 15.5. The number of nitro benzene ring substituents is 1. The fourth-order valence-electron chi connectivity index (χ4n) is 2.08. The molecule has 1 aromatic carbocycles. The lowest BCUT2D eigenvalue weighted by Crippen LogP contribution is -2.44. The molecule has 0 aliphatic rings. The third kappa shape index (κ3) is 3.11. The summed E-state index contributed by atoms with van der Waals surface area (Å²) in [6, 6.07) is 6.36. The highest BCUT2D eigenvalue weighted by atomic mass is 16.6. The number of ether oxygens (including phenoxy) is 1. The SMILES string of the molecule is CCC(N)(CC)COc1ccc([N+](=O)[O-])c2cccnc12. The molecule has 1 aromatic heterocycles. The number of rotatable bonds is 6. The van der Waals surface area contributed by atoms with Gasteiger partial charge in [-0.3, -0.25) is 15.1 Å². The van der Waals surface area contributed by atoms with Gasteiger partial charge in [0.25, 0.3) is 5.69 Å². The number of nitro groups is 1. The van der Waals surface area contributed by atoms with E-state index in [0.29, 0.717) is 23.3 Å². The van der Waals surface area contributed by atoms with Crippen molar-refractivity contribution in [3.8, 4) is 5.75 Å². The summed E-state index contributed by atoms with van der Waals surface area (Å²) in [5.74, 6) is 0.521. The second-order valence-electron chi connectivity index (χ2n) is 5.10. The summed E-state index contributed by atoms with van der Waals surface area (Å²) in [5, 5.41) is 11.5. The zero-order valence-corrected chi connectivity index (χ0v) is 12.2. The molecule has 2 aromatic rings. The number of nitrogens with two attached hydrogens (primary N) is 1. The molecule has 0 saturated carbocycles. The molecular formula is C15H19N3O3. The molecule has 6 heteroatoms. The van der Waals surface area contributed by atoms with Crippen LogP contribution in [0.1, 0.15) is 26.7 Å². The van der Waals surface area contributed by atoms with Crippen molar-refractivity contribution >= 4 is 16.6 Å². The van der Waals surface area contributed by atoms with Crippen molar-refractivity contribution in [1.82, 2.24) is 4.98 Å². The van der Waals surface area contributed by atoms with Crippen LogP contribution in [-0.4, -0.2) is 22.1 Å². The monoisotopic (exact) mass is 289 g/mol. The molecule has 2 N–H and O–H groups in total. The Morgan fingerprint density at radius 2 is 2.05 bits per heavy atom. The summed E-state index contributed by atoms with van der Waals surface area (Å²) < 4.78 is 5.79. The van der Waals surface area contributed by atoms with Crippen LogP contribution >= 0.6 is 0 Å². The van der Waals surface area contributed by atoms with Gasteiger partial charge in [-0.25, -0.2) is 0 Å². The predicted molar refractivity (Wildman–Crippen MR) is 81.4 cm³/mol. The van der Waals surface area contributed by atoms with Crippen LogP contribution in [-0.2, 0) is 0 Å². The first-order valence-electron chi connectivity index (χ1n) is 6.94. The molecule has 0 radical (unpaired) electrons. The Kier molecular flexibility index (Phi) is 4.37. The van der Waals surface area contributed by atoms with E-state index < -0.39 is 10.5 Å².